The number of benzene rings is 1. The molecule has 4 heteroatoms. The Morgan fingerprint density at radius 3 is 2.74 bits per heavy atom. The largest absolute Gasteiger partial charge is 0.389 e. The van der Waals surface area contributed by atoms with Gasteiger partial charge in [-0.3, -0.25) is 9.69 Å². The maximum absolute atomic E-state index is 13.0. The number of carbonyl (C=O) groups excluding carboxylic acids is 1. The minimum atomic E-state index is -0.656. The first-order valence-electron chi connectivity index (χ1n) is 6.68. The van der Waals surface area contributed by atoms with Gasteiger partial charge < -0.3 is 5.11 Å². The molecule has 0 atom stereocenters. The van der Waals surface area contributed by atoms with E-state index in [0.717, 1.165) is 25.7 Å². The standard InChI is InChI=1S/C15H20FNO2/c1-17(11-15(19)7-2-3-8-15)10-14(18)12-5-4-6-13(16)9-12/h4-6,9,19H,2-3,7-8,10-11H2,1H3. The number of halogens is 1. The van der Waals surface area contributed by atoms with Gasteiger partial charge in [-0.05, 0) is 32.0 Å². The summed E-state index contributed by atoms with van der Waals surface area (Å²) < 4.78 is 13.0. The summed E-state index contributed by atoms with van der Waals surface area (Å²) >= 11 is 0. The molecule has 0 amide bonds. The van der Waals surface area contributed by atoms with Crippen LogP contribution >= 0.6 is 0 Å². The lowest BCUT2D eigenvalue weighted by atomic mass is 10.0. The van der Waals surface area contributed by atoms with E-state index in [-0.39, 0.29) is 12.3 Å². The van der Waals surface area contributed by atoms with E-state index in [1.807, 2.05) is 11.9 Å². The van der Waals surface area contributed by atoms with Crippen LogP contribution in [0.3, 0.4) is 0 Å². The van der Waals surface area contributed by atoms with Crippen LogP contribution in [0.25, 0.3) is 0 Å². The number of rotatable bonds is 5. The molecular weight excluding hydrogens is 245 g/mol. The summed E-state index contributed by atoms with van der Waals surface area (Å²) in [4.78, 5) is 13.8. The van der Waals surface area contributed by atoms with Crippen LogP contribution in [0.5, 0.6) is 0 Å². The molecule has 1 aliphatic rings. The highest BCUT2D eigenvalue weighted by Crippen LogP contribution is 2.29. The number of ketones is 1. The number of nitrogens with zero attached hydrogens (tertiary/aromatic N) is 1. The second-order valence-electron chi connectivity index (χ2n) is 5.54. The number of likely N-dealkylation sites (N-methyl/N-ethyl adjacent to an activating group) is 1. The second kappa shape index (κ2) is 5.80. The lowest BCUT2D eigenvalue weighted by Gasteiger charge is -2.28. The molecule has 0 heterocycles. The van der Waals surface area contributed by atoms with Gasteiger partial charge in [0.25, 0.3) is 0 Å². The number of hydrogen-bond donors (Lipinski definition) is 1. The molecule has 1 aromatic rings. The van der Waals surface area contributed by atoms with Crippen molar-refractivity contribution in [1.82, 2.24) is 4.90 Å². The van der Waals surface area contributed by atoms with Gasteiger partial charge in [0.05, 0.1) is 12.1 Å². The Morgan fingerprint density at radius 2 is 2.11 bits per heavy atom. The molecule has 0 aliphatic heterocycles. The molecule has 19 heavy (non-hydrogen) atoms. The summed E-state index contributed by atoms with van der Waals surface area (Å²) in [7, 11) is 1.81. The van der Waals surface area contributed by atoms with Gasteiger partial charge in [0.1, 0.15) is 5.82 Å². The third-order valence-corrected chi connectivity index (χ3v) is 3.66. The van der Waals surface area contributed by atoms with Crippen LogP contribution in [0, 0.1) is 5.82 Å². The Kier molecular flexibility index (Phi) is 4.32. The van der Waals surface area contributed by atoms with E-state index < -0.39 is 11.4 Å². The Balaban J connectivity index is 1.91. The number of Topliss-reactive ketones (excluding diaryl/α,β-unsaturated/α-hetero) is 1. The van der Waals surface area contributed by atoms with E-state index in [1.165, 1.54) is 18.2 Å². The van der Waals surface area contributed by atoms with Crippen molar-refractivity contribution in [1.29, 1.82) is 0 Å². The minimum Gasteiger partial charge on any atom is -0.389 e. The highest BCUT2D eigenvalue weighted by atomic mass is 19.1. The SMILES string of the molecule is CN(CC(=O)c1cccc(F)c1)CC1(O)CCCC1. The molecule has 2 rings (SSSR count). The Bertz CT molecular complexity index is 455. The fourth-order valence-corrected chi connectivity index (χ4v) is 2.75. The maximum Gasteiger partial charge on any atom is 0.176 e. The van der Waals surface area contributed by atoms with Gasteiger partial charge >= 0.3 is 0 Å². The van der Waals surface area contributed by atoms with E-state index in [9.17, 15) is 14.3 Å². The average Bonchev–Trinajstić information content (AvgIpc) is 2.75. The van der Waals surface area contributed by atoms with Gasteiger partial charge in [-0.2, -0.15) is 0 Å². The van der Waals surface area contributed by atoms with Crippen molar-refractivity contribution in [2.45, 2.75) is 31.3 Å². The number of carbonyl (C=O) groups is 1. The lowest BCUT2D eigenvalue weighted by molar-refractivity contribution is 0.0172. The van der Waals surface area contributed by atoms with Crippen LogP contribution in [-0.2, 0) is 0 Å². The summed E-state index contributed by atoms with van der Waals surface area (Å²) in [6.07, 6.45) is 3.68. The van der Waals surface area contributed by atoms with Crippen molar-refractivity contribution in [3.05, 3.63) is 35.6 Å². The van der Waals surface area contributed by atoms with Crippen LogP contribution < -0.4 is 0 Å². The third kappa shape index (κ3) is 3.85. The molecule has 0 aromatic heterocycles. The van der Waals surface area contributed by atoms with Crippen molar-refractivity contribution in [3.8, 4) is 0 Å². The summed E-state index contributed by atoms with van der Waals surface area (Å²) in [6, 6.07) is 5.72. The zero-order valence-corrected chi connectivity index (χ0v) is 11.2. The van der Waals surface area contributed by atoms with E-state index >= 15 is 0 Å². The predicted molar refractivity (Wildman–Crippen MR) is 71.6 cm³/mol. The summed E-state index contributed by atoms with van der Waals surface area (Å²) in [6.45, 7) is 0.694. The van der Waals surface area contributed by atoms with Crippen molar-refractivity contribution >= 4 is 5.78 Å². The second-order valence-corrected chi connectivity index (χ2v) is 5.54. The van der Waals surface area contributed by atoms with Gasteiger partial charge in [-0.15, -0.1) is 0 Å². The van der Waals surface area contributed by atoms with Gasteiger partial charge in [0.15, 0.2) is 5.78 Å². The molecule has 0 bridgehead atoms. The smallest absolute Gasteiger partial charge is 0.176 e. The molecule has 1 saturated carbocycles. The van der Waals surface area contributed by atoms with E-state index in [4.69, 9.17) is 0 Å². The van der Waals surface area contributed by atoms with Crippen molar-refractivity contribution in [2.24, 2.45) is 0 Å². The van der Waals surface area contributed by atoms with E-state index in [1.54, 1.807) is 6.07 Å². The quantitative estimate of drug-likeness (QED) is 0.830. The van der Waals surface area contributed by atoms with Gasteiger partial charge in [0, 0.05) is 12.1 Å². The highest BCUT2D eigenvalue weighted by Gasteiger charge is 2.32. The molecule has 0 radical (unpaired) electrons. The summed E-state index contributed by atoms with van der Waals surface area (Å²) in [5.74, 6) is -0.522. The third-order valence-electron chi connectivity index (χ3n) is 3.66. The van der Waals surface area contributed by atoms with Crippen molar-refractivity contribution in [2.75, 3.05) is 20.1 Å². The highest BCUT2D eigenvalue weighted by molar-refractivity contribution is 5.97. The molecule has 3 nitrogen and oxygen atoms in total. The number of hydrogen-bond acceptors (Lipinski definition) is 3. The Morgan fingerprint density at radius 1 is 1.42 bits per heavy atom. The van der Waals surface area contributed by atoms with Crippen LogP contribution in [0.2, 0.25) is 0 Å². The minimum absolute atomic E-state index is 0.122. The Hall–Kier alpha value is -1.26. The van der Waals surface area contributed by atoms with Crippen LogP contribution in [-0.4, -0.2) is 41.5 Å². The molecule has 0 saturated heterocycles. The van der Waals surface area contributed by atoms with Crippen LogP contribution in [0.15, 0.2) is 24.3 Å². The van der Waals surface area contributed by atoms with E-state index in [2.05, 4.69) is 0 Å². The monoisotopic (exact) mass is 265 g/mol. The summed E-state index contributed by atoms with van der Waals surface area (Å²) in [5, 5.41) is 10.3. The van der Waals surface area contributed by atoms with Gasteiger partial charge in [-0.1, -0.05) is 25.0 Å². The molecular formula is C15H20FNO2. The van der Waals surface area contributed by atoms with Crippen LogP contribution in [0.4, 0.5) is 4.39 Å². The molecule has 0 spiro atoms. The van der Waals surface area contributed by atoms with Crippen LogP contribution in [0.1, 0.15) is 36.0 Å². The molecule has 1 fully saturated rings. The average molecular weight is 265 g/mol. The van der Waals surface area contributed by atoms with Crippen molar-refractivity contribution < 1.29 is 14.3 Å². The number of aliphatic hydroxyl groups is 1. The van der Waals surface area contributed by atoms with Crippen molar-refractivity contribution in [3.63, 3.8) is 0 Å². The maximum atomic E-state index is 13.0. The Labute approximate surface area is 113 Å². The zero-order valence-electron chi connectivity index (χ0n) is 11.2. The lowest BCUT2D eigenvalue weighted by Crippen LogP contribution is -2.41. The van der Waals surface area contributed by atoms with E-state index in [0.29, 0.717) is 12.1 Å². The molecule has 104 valence electrons. The predicted octanol–water partition coefficient (Wildman–Crippen LogP) is 2.25. The zero-order chi connectivity index (χ0) is 13.9. The fourth-order valence-electron chi connectivity index (χ4n) is 2.75. The summed E-state index contributed by atoms with van der Waals surface area (Å²) in [5.41, 5.74) is -0.276. The fraction of sp³-hybridized carbons (Fsp3) is 0.533. The first-order chi connectivity index (χ1) is 8.98. The first-order valence-corrected chi connectivity index (χ1v) is 6.68. The molecule has 1 aliphatic carbocycles. The molecule has 1 N–H and O–H groups in total. The topological polar surface area (TPSA) is 40.5 Å². The van der Waals surface area contributed by atoms with Gasteiger partial charge in [-0.25, -0.2) is 4.39 Å². The first kappa shape index (κ1) is 14.2. The normalized spacial score (nSPS) is 17.9. The van der Waals surface area contributed by atoms with Gasteiger partial charge in [0.2, 0.25) is 0 Å². The molecule has 1 aromatic carbocycles. The molecule has 0 unspecified atom stereocenters.